The molecule has 4 rings (SSSR count). The number of halogens is 3. The Bertz CT molecular complexity index is 1200. The molecule has 0 radical (unpaired) electrons. The van der Waals surface area contributed by atoms with Gasteiger partial charge in [0.25, 0.3) is 0 Å². The van der Waals surface area contributed by atoms with E-state index in [0.29, 0.717) is 29.7 Å². The Hall–Kier alpha value is -3.69. The highest BCUT2D eigenvalue weighted by molar-refractivity contribution is 5.90. The predicted octanol–water partition coefficient (Wildman–Crippen LogP) is 4.74. The van der Waals surface area contributed by atoms with Gasteiger partial charge in [-0.25, -0.2) is 0 Å². The van der Waals surface area contributed by atoms with Gasteiger partial charge in [0.05, 0.1) is 18.2 Å². The zero-order valence-electron chi connectivity index (χ0n) is 19.9. The number of aliphatic hydroxyl groups is 1. The number of alkyl halides is 3. The molecule has 2 N–H and O–H groups in total. The van der Waals surface area contributed by atoms with E-state index < -0.39 is 23.9 Å². The summed E-state index contributed by atoms with van der Waals surface area (Å²) in [5, 5.41) is 13.9. The Kier molecular flexibility index (Phi) is 8.25. The number of carbonyl (C=O) groups excluding carboxylic acids is 2. The Morgan fingerprint density at radius 1 is 1.00 bits per heavy atom. The topological polar surface area (TPSA) is 78.9 Å². The second kappa shape index (κ2) is 11.6. The highest BCUT2D eigenvalue weighted by atomic mass is 19.4. The lowest BCUT2D eigenvalue weighted by molar-refractivity contribution is -0.155. The van der Waals surface area contributed by atoms with E-state index in [9.17, 15) is 27.9 Å². The number of nitrogens with zero attached hydrogens (tertiary/aromatic N) is 1. The summed E-state index contributed by atoms with van der Waals surface area (Å²) in [5.74, 6) is -0.497. The van der Waals surface area contributed by atoms with Crippen molar-refractivity contribution in [2.45, 2.75) is 37.7 Å². The molecule has 0 saturated carbocycles. The van der Waals surface area contributed by atoms with Gasteiger partial charge in [0.1, 0.15) is 12.7 Å². The van der Waals surface area contributed by atoms with Crippen LogP contribution >= 0.6 is 0 Å². The molecule has 6 nitrogen and oxygen atoms in total. The van der Waals surface area contributed by atoms with Crippen LogP contribution in [-0.4, -0.2) is 41.1 Å². The zero-order valence-corrected chi connectivity index (χ0v) is 19.9. The average molecular weight is 513 g/mol. The highest BCUT2D eigenvalue weighted by Crippen LogP contribution is 2.30. The van der Waals surface area contributed by atoms with Crippen molar-refractivity contribution in [2.75, 3.05) is 18.5 Å². The third-order valence-electron chi connectivity index (χ3n) is 6.25. The quantitative estimate of drug-likeness (QED) is 0.457. The van der Waals surface area contributed by atoms with E-state index in [4.69, 9.17) is 4.74 Å². The van der Waals surface area contributed by atoms with Crippen LogP contribution in [0.4, 0.5) is 18.9 Å². The minimum atomic E-state index is -4.44. The first-order chi connectivity index (χ1) is 17.7. The van der Waals surface area contributed by atoms with Crippen molar-refractivity contribution < 1.29 is 32.6 Å². The Morgan fingerprint density at radius 2 is 1.68 bits per heavy atom. The third kappa shape index (κ3) is 6.96. The fraction of sp³-hybridized carbons (Fsp3) is 0.286. The summed E-state index contributed by atoms with van der Waals surface area (Å²) in [4.78, 5) is 26.3. The van der Waals surface area contributed by atoms with E-state index in [1.165, 1.54) is 17.0 Å². The van der Waals surface area contributed by atoms with Crippen LogP contribution in [0, 0.1) is 0 Å². The summed E-state index contributed by atoms with van der Waals surface area (Å²) < 4.78 is 43.9. The highest BCUT2D eigenvalue weighted by Gasteiger charge is 2.35. The van der Waals surface area contributed by atoms with Crippen LogP contribution in [0.5, 0.6) is 0 Å². The minimum Gasteiger partial charge on any atom is -0.386 e. The Labute approximate surface area is 212 Å². The number of hydrogen-bond acceptors (Lipinski definition) is 4. The number of carbonyl (C=O) groups is 2. The number of anilines is 1. The number of morpholine rings is 1. The van der Waals surface area contributed by atoms with Gasteiger partial charge in [-0.05, 0) is 47.4 Å². The monoisotopic (exact) mass is 512 g/mol. The van der Waals surface area contributed by atoms with Crippen molar-refractivity contribution in [1.82, 2.24) is 4.90 Å². The summed E-state index contributed by atoms with van der Waals surface area (Å²) in [6.45, 7) is -0.0546. The van der Waals surface area contributed by atoms with Crippen LogP contribution in [0.1, 0.15) is 34.8 Å². The minimum absolute atomic E-state index is 0.0393. The summed E-state index contributed by atoms with van der Waals surface area (Å²) in [5.41, 5.74) is 1.90. The normalized spacial score (nSPS) is 16.9. The lowest BCUT2D eigenvalue weighted by Gasteiger charge is -2.38. The van der Waals surface area contributed by atoms with Gasteiger partial charge in [-0.3, -0.25) is 9.59 Å². The maximum atomic E-state index is 12.9. The largest absolute Gasteiger partial charge is 0.416 e. The van der Waals surface area contributed by atoms with Crippen LogP contribution < -0.4 is 5.32 Å². The van der Waals surface area contributed by atoms with Crippen LogP contribution in [0.25, 0.3) is 0 Å². The SMILES string of the molecule is O=C(CCc1ccccc1)Nc1ccc([C@@H](O)[C@H]2COCC(=O)N2Cc2ccc(C(F)(F)F)cc2)cc1. The molecule has 0 bridgehead atoms. The molecule has 9 heteroatoms. The van der Waals surface area contributed by atoms with Crippen LogP contribution in [-0.2, 0) is 33.5 Å². The van der Waals surface area contributed by atoms with E-state index in [1.807, 2.05) is 30.3 Å². The standard InChI is InChI=1S/C28H27F3N2O4/c29-28(30,31)22-11-6-20(7-12-22)16-33-24(17-37-18-26(33)35)27(36)21-9-13-23(14-10-21)32-25(34)15-8-19-4-2-1-3-5-19/h1-7,9-14,24,27,36H,8,15-18H2,(H,32,34)/t24-,27-/m1/s1. The first-order valence-electron chi connectivity index (χ1n) is 11.9. The van der Waals surface area contributed by atoms with Crippen molar-refractivity contribution in [1.29, 1.82) is 0 Å². The molecule has 0 unspecified atom stereocenters. The fourth-order valence-corrected chi connectivity index (χ4v) is 4.20. The Morgan fingerprint density at radius 3 is 2.32 bits per heavy atom. The lowest BCUT2D eigenvalue weighted by atomic mass is 9.99. The van der Waals surface area contributed by atoms with Crippen LogP contribution in [0.15, 0.2) is 78.9 Å². The molecule has 3 aromatic carbocycles. The van der Waals surface area contributed by atoms with Crippen molar-refractivity contribution in [3.8, 4) is 0 Å². The Balaban J connectivity index is 1.38. The molecule has 1 aliphatic heterocycles. The summed E-state index contributed by atoms with van der Waals surface area (Å²) in [6, 6.07) is 20.2. The molecular formula is C28H27F3N2O4. The molecule has 0 spiro atoms. The van der Waals surface area contributed by atoms with Gasteiger partial charge < -0.3 is 20.1 Å². The molecule has 37 heavy (non-hydrogen) atoms. The third-order valence-corrected chi connectivity index (χ3v) is 6.25. The number of benzene rings is 3. The number of amides is 2. The predicted molar refractivity (Wildman–Crippen MR) is 131 cm³/mol. The first-order valence-corrected chi connectivity index (χ1v) is 11.9. The number of nitrogens with one attached hydrogen (secondary N) is 1. The molecule has 1 heterocycles. The molecular weight excluding hydrogens is 485 g/mol. The second-order valence-electron chi connectivity index (χ2n) is 8.90. The molecule has 3 aromatic rings. The fourth-order valence-electron chi connectivity index (χ4n) is 4.20. The van der Waals surface area contributed by atoms with Gasteiger partial charge >= 0.3 is 6.18 Å². The van der Waals surface area contributed by atoms with Crippen LogP contribution in [0.3, 0.4) is 0 Å². The van der Waals surface area contributed by atoms with E-state index in [0.717, 1.165) is 17.7 Å². The number of ether oxygens (including phenoxy) is 1. The zero-order chi connectivity index (χ0) is 26.4. The van der Waals surface area contributed by atoms with E-state index in [2.05, 4.69) is 5.32 Å². The van der Waals surface area contributed by atoms with E-state index in [1.54, 1.807) is 24.3 Å². The molecule has 1 saturated heterocycles. The molecule has 1 fully saturated rings. The van der Waals surface area contributed by atoms with E-state index >= 15 is 0 Å². The molecule has 0 aromatic heterocycles. The van der Waals surface area contributed by atoms with E-state index in [-0.39, 0.29) is 31.6 Å². The van der Waals surface area contributed by atoms with Crippen molar-refractivity contribution in [3.63, 3.8) is 0 Å². The van der Waals surface area contributed by atoms with Gasteiger partial charge in [0, 0.05) is 18.7 Å². The van der Waals surface area contributed by atoms with Gasteiger partial charge in [0.2, 0.25) is 11.8 Å². The number of hydrogen-bond donors (Lipinski definition) is 2. The summed E-state index contributed by atoms with van der Waals surface area (Å²) >= 11 is 0. The molecule has 0 aliphatic carbocycles. The smallest absolute Gasteiger partial charge is 0.386 e. The van der Waals surface area contributed by atoms with Gasteiger partial charge in [-0.1, -0.05) is 54.6 Å². The number of aliphatic hydroxyl groups excluding tert-OH is 1. The molecule has 2 atom stereocenters. The molecule has 2 amide bonds. The first kappa shape index (κ1) is 26.4. The summed E-state index contributed by atoms with van der Waals surface area (Å²) in [6.07, 6.45) is -4.59. The molecule has 1 aliphatic rings. The maximum absolute atomic E-state index is 12.9. The second-order valence-corrected chi connectivity index (χ2v) is 8.90. The average Bonchev–Trinajstić information content (AvgIpc) is 2.89. The summed E-state index contributed by atoms with van der Waals surface area (Å²) in [7, 11) is 0. The van der Waals surface area contributed by atoms with Crippen molar-refractivity contribution in [3.05, 3.63) is 101 Å². The number of aryl methyl sites for hydroxylation is 1. The lowest BCUT2D eigenvalue weighted by Crippen LogP contribution is -2.51. The van der Waals surface area contributed by atoms with Crippen molar-refractivity contribution in [2.24, 2.45) is 0 Å². The van der Waals surface area contributed by atoms with Gasteiger partial charge in [-0.15, -0.1) is 0 Å². The van der Waals surface area contributed by atoms with Gasteiger partial charge in [0.15, 0.2) is 0 Å². The molecule has 194 valence electrons. The maximum Gasteiger partial charge on any atom is 0.416 e. The van der Waals surface area contributed by atoms with Crippen molar-refractivity contribution >= 4 is 17.5 Å². The van der Waals surface area contributed by atoms with Crippen LogP contribution in [0.2, 0.25) is 0 Å². The van der Waals surface area contributed by atoms with Gasteiger partial charge in [-0.2, -0.15) is 13.2 Å². The number of rotatable bonds is 8.